The van der Waals surface area contributed by atoms with Crippen molar-refractivity contribution < 1.29 is 14.3 Å². The highest BCUT2D eigenvalue weighted by atomic mass is 16.7. The van der Waals surface area contributed by atoms with E-state index in [1.165, 1.54) is 5.56 Å². The second kappa shape index (κ2) is 8.46. The van der Waals surface area contributed by atoms with E-state index in [9.17, 15) is 4.79 Å². The van der Waals surface area contributed by atoms with Crippen LogP contribution in [0.15, 0.2) is 18.2 Å². The summed E-state index contributed by atoms with van der Waals surface area (Å²) in [7, 11) is 2.12. The van der Waals surface area contributed by atoms with Crippen molar-refractivity contribution in [2.24, 2.45) is 0 Å². The number of piperazine rings is 2. The molecule has 2 fully saturated rings. The average molecular weight is 374 g/mol. The molecule has 0 unspecified atom stereocenters. The van der Waals surface area contributed by atoms with Crippen molar-refractivity contribution in [2.45, 2.75) is 13.0 Å². The SMILES string of the molecule is CN1CCN(C(=O)CCN2CCN(Cc3ccc4c(c3)OCO4)CC2)CC1. The van der Waals surface area contributed by atoms with Crippen molar-refractivity contribution in [3.8, 4) is 11.5 Å². The third-order valence-electron chi connectivity index (χ3n) is 5.81. The number of carbonyl (C=O) groups is 1. The van der Waals surface area contributed by atoms with Gasteiger partial charge in [-0.2, -0.15) is 0 Å². The van der Waals surface area contributed by atoms with E-state index in [1.54, 1.807) is 0 Å². The lowest BCUT2D eigenvalue weighted by molar-refractivity contribution is -0.133. The van der Waals surface area contributed by atoms with Crippen LogP contribution in [0, 0.1) is 0 Å². The number of ether oxygens (including phenoxy) is 2. The van der Waals surface area contributed by atoms with Gasteiger partial charge in [0.2, 0.25) is 12.7 Å². The van der Waals surface area contributed by atoms with Crippen molar-refractivity contribution in [3.63, 3.8) is 0 Å². The maximum Gasteiger partial charge on any atom is 0.231 e. The number of nitrogens with zero attached hydrogens (tertiary/aromatic N) is 4. The summed E-state index contributed by atoms with van der Waals surface area (Å²) in [5.74, 6) is 2.01. The zero-order chi connectivity index (χ0) is 18.6. The molecule has 27 heavy (non-hydrogen) atoms. The second-order valence-corrected chi connectivity index (χ2v) is 7.74. The van der Waals surface area contributed by atoms with E-state index in [-0.39, 0.29) is 0 Å². The number of hydrogen-bond acceptors (Lipinski definition) is 6. The van der Waals surface area contributed by atoms with E-state index < -0.39 is 0 Å². The zero-order valence-electron chi connectivity index (χ0n) is 16.2. The van der Waals surface area contributed by atoms with Gasteiger partial charge in [0, 0.05) is 71.9 Å². The molecule has 7 nitrogen and oxygen atoms in total. The zero-order valence-corrected chi connectivity index (χ0v) is 16.2. The lowest BCUT2D eigenvalue weighted by atomic mass is 10.1. The van der Waals surface area contributed by atoms with Gasteiger partial charge in [-0.15, -0.1) is 0 Å². The maximum atomic E-state index is 12.4. The largest absolute Gasteiger partial charge is 0.454 e. The molecule has 3 heterocycles. The molecule has 1 amide bonds. The minimum absolute atomic E-state index is 0.311. The fraction of sp³-hybridized carbons (Fsp3) is 0.650. The van der Waals surface area contributed by atoms with Gasteiger partial charge in [-0.25, -0.2) is 0 Å². The molecule has 0 radical (unpaired) electrons. The number of hydrogen-bond donors (Lipinski definition) is 0. The van der Waals surface area contributed by atoms with Crippen LogP contribution in [0.5, 0.6) is 11.5 Å². The first-order chi connectivity index (χ1) is 13.2. The van der Waals surface area contributed by atoms with Gasteiger partial charge in [0.05, 0.1) is 0 Å². The monoisotopic (exact) mass is 374 g/mol. The van der Waals surface area contributed by atoms with Crippen LogP contribution in [0.4, 0.5) is 0 Å². The predicted molar refractivity (Wildman–Crippen MR) is 103 cm³/mol. The summed E-state index contributed by atoms with van der Waals surface area (Å²) in [5.41, 5.74) is 1.26. The van der Waals surface area contributed by atoms with Crippen molar-refractivity contribution in [1.29, 1.82) is 0 Å². The third kappa shape index (κ3) is 4.72. The van der Waals surface area contributed by atoms with E-state index in [4.69, 9.17) is 9.47 Å². The summed E-state index contributed by atoms with van der Waals surface area (Å²) in [5, 5.41) is 0. The van der Waals surface area contributed by atoms with Crippen LogP contribution in [0.1, 0.15) is 12.0 Å². The lowest BCUT2D eigenvalue weighted by Crippen LogP contribution is -2.49. The van der Waals surface area contributed by atoms with Gasteiger partial charge in [0.25, 0.3) is 0 Å². The highest BCUT2D eigenvalue weighted by Crippen LogP contribution is 2.32. The molecule has 0 bridgehead atoms. The molecular formula is C20H30N4O3. The van der Waals surface area contributed by atoms with Crippen LogP contribution in [0.3, 0.4) is 0 Å². The molecular weight excluding hydrogens is 344 g/mol. The number of amides is 1. The summed E-state index contributed by atoms with van der Waals surface area (Å²) in [4.78, 5) is 21.6. The number of rotatable bonds is 5. The molecule has 0 saturated carbocycles. The van der Waals surface area contributed by atoms with Gasteiger partial charge in [-0.05, 0) is 24.7 Å². The van der Waals surface area contributed by atoms with Gasteiger partial charge in [-0.3, -0.25) is 9.69 Å². The Hall–Kier alpha value is -1.83. The number of likely N-dealkylation sites (N-methyl/N-ethyl adjacent to an activating group) is 1. The smallest absolute Gasteiger partial charge is 0.231 e. The first-order valence-electron chi connectivity index (χ1n) is 9.97. The molecule has 0 aromatic heterocycles. The Balaban J connectivity index is 1.17. The quantitative estimate of drug-likeness (QED) is 0.756. The first kappa shape index (κ1) is 18.5. The number of fused-ring (bicyclic) bond motifs is 1. The van der Waals surface area contributed by atoms with Crippen molar-refractivity contribution in [1.82, 2.24) is 19.6 Å². The molecule has 3 aliphatic rings. The highest BCUT2D eigenvalue weighted by Gasteiger charge is 2.22. The summed E-state index contributed by atoms with van der Waals surface area (Å²) < 4.78 is 10.8. The number of benzene rings is 1. The fourth-order valence-corrected chi connectivity index (χ4v) is 3.94. The van der Waals surface area contributed by atoms with Crippen LogP contribution < -0.4 is 9.47 Å². The van der Waals surface area contributed by atoms with Gasteiger partial charge >= 0.3 is 0 Å². The van der Waals surface area contributed by atoms with Crippen LogP contribution in [-0.4, -0.2) is 98.3 Å². The Morgan fingerprint density at radius 2 is 1.63 bits per heavy atom. The predicted octanol–water partition coefficient (Wildman–Crippen LogP) is 0.697. The topological polar surface area (TPSA) is 48.5 Å². The van der Waals surface area contributed by atoms with Gasteiger partial charge in [-0.1, -0.05) is 6.07 Å². The summed E-state index contributed by atoms with van der Waals surface area (Å²) >= 11 is 0. The molecule has 1 aromatic rings. The van der Waals surface area contributed by atoms with Crippen molar-refractivity contribution in [3.05, 3.63) is 23.8 Å². The molecule has 148 valence electrons. The molecule has 0 aliphatic carbocycles. The third-order valence-corrected chi connectivity index (χ3v) is 5.81. The van der Waals surface area contributed by atoms with E-state index in [0.29, 0.717) is 19.1 Å². The Labute approximate surface area is 161 Å². The summed E-state index contributed by atoms with van der Waals surface area (Å²) in [6.45, 7) is 10.00. The molecule has 0 atom stereocenters. The molecule has 7 heteroatoms. The van der Waals surface area contributed by atoms with Crippen LogP contribution in [0.2, 0.25) is 0 Å². The molecule has 4 rings (SSSR count). The molecule has 0 spiro atoms. The highest BCUT2D eigenvalue weighted by molar-refractivity contribution is 5.76. The average Bonchev–Trinajstić information content (AvgIpc) is 3.15. The Kier molecular flexibility index (Phi) is 5.80. The molecule has 0 N–H and O–H groups in total. The summed E-state index contributed by atoms with van der Waals surface area (Å²) in [6, 6.07) is 6.20. The van der Waals surface area contributed by atoms with Crippen molar-refractivity contribution >= 4 is 5.91 Å². The normalized spacial score (nSPS) is 21.6. The molecule has 3 aliphatic heterocycles. The Bertz CT molecular complexity index is 653. The van der Waals surface area contributed by atoms with Gasteiger partial charge < -0.3 is 24.2 Å². The van der Waals surface area contributed by atoms with Crippen LogP contribution in [0.25, 0.3) is 0 Å². The minimum atomic E-state index is 0.311. The van der Waals surface area contributed by atoms with Gasteiger partial charge in [0.1, 0.15) is 0 Å². The van der Waals surface area contributed by atoms with E-state index in [2.05, 4.69) is 33.9 Å². The van der Waals surface area contributed by atoms with Gasteiger partial charge in [0.15, 0.2) is 11.5 Å². The summed E-state index contributed by atoms with van der Waals surface area (Å²) in [6.07, 6.45) is 0.645. The number of carbonyl (C=O) groups excluding carboxylic acids is 1. The Morgan fingerprint density at radius 3 is 2.41 bits per heavy atom. The lowest BCUT2D eigenvalue weighted by Gasteiger charge is -2.36. The fourth-order valence-electron chi connectivity index (χ4n) is 3.94. The maximum absolute atomic E-state index is 12.4. The van der Waals surface area contributed by atoms with E-state index >= 15 is 0 Å². The second-order valence-electron chi connectivity index (χ2n) is 7.74. The van der Waals surface area contributed by atoms with Crippen LogP contribution >= 0.6 is 0 Å². The standard InChI is InChI=1S/C20H30N4O3/c1-21-6-12-24(13-7-21)20(25)4-5-22-8-10-23(11-9-22)15-17-2-3-18-19(14-17)27-16-26-18/h2-3,14H,4-13,15-16H2,1H3. The molecule has 1 aromatic carbocycles. The van der Waals surface area contributed by atoms with E-state index in [1.807, 2.05) is 11.0 Å². The molecule has 2 saturated heterocycles. The van der Waals surface area contributed by atoms with Crippen molar-refractivity contribution in [2.75, 3.05) is 72.7 Å². The minimum Gasteiger partial charge on any atom is -0.454 e. The van der Waals surface area contributed by atoms with Crippen LogP contribution in [-0.2, 0) is 11.3 Å². The van der Waals surface area contributed by atoms with E-state index in [0.717, 1.165) is 76.9 Å². The first-order valence-corrected chi connectivity index (χ1v) is 9.97. The Morgan fingerprint density at radius 1 is 0.926 bits per heavy atom.